The molecule has 2 saturated heterocycles. The topological polar surface area (TPSA) is 82.8 Å². The summed E-state index contributed by atoms with van der Waals surface area (Å²) in [6.45, 7) is 1.54. The maximum Gasteiger partial charge on any atom is 0.326 e. The number of pyridine rings is 1. The molecule has 1 aromatic heterocycles. The zero-order valence-electron chi connectivity index (χ0n) is 17.1. The van der Waals surface area contributed by atoms with E-state index in [0.29, 0.717) is 38.1 Å². The first-order valence-corrected chi connectivity index (χ1v) is 9.99. The fourth-order valence-corrected chi connectivity index (χ4v) is 4.07. The Balaban J connectivity index is 0.00000289. The number of nitrogens with two attached hydrogens (primary N) is 1. The summed E-state index contributed by atoms with van der Waals surface area (Å²) in [7, 11) is 0. The summed E-state index contributed by atoms with van der Waals surface area (Å²) < 4.78 is 40.3. The van der Waals surface area contributed by atoms with E-state index in [1.807, 2.05) is 0 Å². The van der Waals surface area contributed by atoms with Gasteiger partial charge in [-0.25, -0.2) is 22.9 Å². The van der Waals surface area contributed by atoms with Crippen LogP contribution >= 0.6 is 12.4 Å². The van der Waals surface area contributed by atoms with E-state index in [2.05, 4.69) is 4.98 Å². The summed E-state index contributed by atoms with van der Waals surface area (Å²) >= 11 is 0. The first-order chi connectivity index (χ1) is 14.8. The first-order valence-electron chi connectivity index (χ1n) is 9.99. The number of nitrogens with zero attached hydrogens (tertiary/aromatic N) is 4. The Bertz CT molecular complexity index is 997. The zero-order chi connectivity index (χ0) is 22.1. The van der Waals surface area contributed by atoms with Gasteiger partial charge in [-0.15, -0.1) is 12.4 Å². The largest absolute Gasteiger partial charge is 0.339 e. The van der Waals surface area contributed by atoms with Crippen molar-refractivity contribution in [2.75, 3.05) is 31.1 Å². The maximum atomic E-state index is 13.8. The van der Waals surface area contributed by atoms with Crippen LogP contribution in [0.25, 0.3) is 0 Å². The van der Waals surface area contributed by atoms with Crippen molar-refractivity contribution in [3.63, 3.8) is 0 Å². The third-order valence-corrected chi connectivity index (χ3v) is 5.64. The van der Waals surface area contributed by atoms with E-state index in [-0.39, 0.29) is 48.8 Å². The molecule has 2 aliphatic heterocycles. The standard InChI is InChI=1S/C21H22F3N5O2.ClH/c22-16-10-18(24)17(23)8-13(16)7-14(25)9-20(30)27-5-6-28-15(11-27)12-29(21(28)31)19-3-1-2-4-26-19;/h1-4,8,10,14-15H,5-7,9,11-12,25H2;1H/t14-,15?;/m1./s1. The molecule has 0 bridgehead atoms. The highest BCUT2D eigenvalue weighted by Crippen LogP contribution is 2.25. The molecule has 32 heavy (non-hydrogen) atoms. The van der Waals surface area contributed by atoms with E-state index in [0.717, 1.165) is 6.07 Å². The van der Waals surface area contributed by atoms with E-state index in [9.17, 15) is 22.8 Å². The van der Waals surface area contributed by atoms with Crippen molar-refractivity contribution in [2.45, 2.75) is 24.9 Å². The average molecular weight is 470 g/mol. The summed E-state index contributed by atoms with van der Waals surface area (Å²) in [5.74, 6) is -2.98. The van der Waals surface area contributed by atoms with Crippen LogP contribution in [-0.4, -0.2) is 65.0 Å². The van der Waals surface area contributed by atoms with Crippen LogP contribution in [0.2, 0.25) is 0 Å². The molecule has 4 rings (SSSR count). The van der Waals surface area contributed by atoms with Crippen molar-refractivity contribution < 1.29 is 22.8 Å². The molecule has 172 valence electrons. The van der Waals surface area contributed by atoms with Gasteiger partial charge in [-0.1, -0.05) is 6.07 Å². The fourth-order valence-electron chi connectivity index (χ4n) is 4.07. The molecule has 11 heteroatoms. The number of carbonyl (C=O) groups is 2. The number of urea groups is 1. The van der Waals surface area contributed by atoms with Crippen molar-refractivity contribution in [3.8, 4) is 0 Å². The Morgan fingerprint density at radius 2 is 1.88 bits per heavy atom. The summed E-state index contributed by atoms with van der Waals surface area (Å²) in [5.41, 5.74) is 5.91. The molecule has 2 N–H and O–H groups in total. The lowest BCUT2D eigenvalue weighted by molar-refractivity contribution is -0.133. The zero-order valence-corrected chi connectivity index (χ0v) is 17.9. The lowest BCUT2D eigenvalue weighted by atomic mass is 10.0. The smallest absolute Gasteiger partial charge is 0.326 e. The minimum Gasteiger partial charge on any atom is -0.339 e. The number of hydrogen-bond donors (Lipinski definition) is 1. The van der Waals surface area contributed by atoms with Crippen LogP contribution < -0.4 is 10.6 Å². The van der Waals surface area contributed by atoms with E-state index < -0.39 is 23.5 Å². The predicted octanol–water partition coefficient (Wildman–Crippen LogP) is 2.33. The van der Waals surface area contributed by atoms with E-state index in [4.69, 9.17) is 5.73 Å². The number of amides is 3. The predicted molar refractivity (Wildman–Crippen MR) is 114 cm³/mol. The number of fused-ring (bicyclic) bond motifs is 1. The van der Waals surface area contributed by atoms with Crippen LogP contribution in [0.4, 0.5) is 23.8 Å². The number of rotatable bonds is 5. The molecule has 1 unspecified atom stereocenters. The molecule has 0 aliphatic carbocycles. The van der Waals surface area contributed by atoms with E-state index in [1.165, 1.54) is 0 Å². The molecular weight excluding hydrogens is 447 g/mol. The average Bonchev–Trinajstić information content (AvgIpc) is 3.08. The Labute approximate surface area is 189 Å². The normalized spacial score (nSPS) is 18.9. The van der Waals surface area contributed by atoms with Gasteiger partial charge in [0.1, 0.15) is 11.6 Å². The molecule has 7 nitrogen and oxygen atoms in total. The number of halogens is 4. The van der Waals surface area contributed by atoms with Gasteiger partial charge in [0.15, 0.2) is 11.6 Å². The Morgan fingerprint density at radius 3 is 2.59 bits per heavy atom. The van der Waals surface area contributed by atoms with Gasteiger partial charge in [0, 0.05) is 44.4 Å². The minimum atomic E-state index is -1.27. The number of benzene rings is 1. The van der Waals surface area contributed by atoms with Crippen molar-refractivity contribution in [2.24, 2.45) is 5.73 Å². The highest BCUT2D eigenvalue weighted by Gasteiger charge is 2.42. The minimum absolute atomic E-state index is 0. The van der Waals surface area contributed by atoms with Crippen molar-refractivity contribution >= 4 is 30.2 Å². The van der Waals surface area contributed by atoms with E-state index in [1.54, 1.807) is 39.1 Å². The highest BCUT2D eigenvalue weighted by atomic mass is 35.5. The van der Waals surface area contributed by atoms with Gasteiger partial charge in [0.25, 0.3) is 0 Å². The van der Waals surface area contributed by atoms with Gasteiger partial charge in [0.05, 0.1) is 12.6 Å². The molecule has 0 radical (unpaired) electrons. The quantitative estimate of drug-likeness (QED) is 0.681. The molecule has 2 atom stereocenters. The summed E-state index contributed by atoms with van der Waals surface area (Å²) in [5, 5.41) is 0. The van der Waals surface area contributed by atoms with Gasteiger partial charge in [-0.2, -0.15) is 0 Å². The van der Waals surface area contributed by atoms with Crippen molar-refractivity contribution in [3.05, 3.63) is 59.5 Å². The summed E-state index contributed by atoms with van der Waals surface area (Å²) in [4.78, 5) is 34.6. The lowest BCUT2D eigenvalue weighted by Gasteiger charge is -2.36. The molecule has 3 heterocycles. The molecule has 0 spiro atoms. The second kappa shape index (κ2) is 9.74. The van der Waals surface area contributed by atoms with Crippen molar-refractivity contribution in [1.29, 1.82) is 0 Å². The molecule has 2 aliphatic rings. The van der Waals surface area contributed by atoms with Crippen LogP contribution in [0.15, 0.2) is 36.5 Å². The van der Waals surface area contributed by atoms with Gasteiger partial charge in [0.2, 0.25) is 5.91 Å². The Hall–Kier alpha value is -2.85. The van der Waals surface area contributed by atoms with Crippen LogP contribution in [0, 0.1) is 17.5 Å². The molecule has 2 aromatic rings. The Kier molecular flexibility index (Phi) is 7.25. The number of hydrogen-bond acceptors (Lipinski definition) is 4. The highest BCUT2D eigenvalue weighted by molar-refractivity contribution is 5.94. The Morgan fingerprint density at radius 1 is 1.12 bits per heavy atom. The monoisotopic (exact) mass is 469 g/mol. The van der Waals surface area contributed by atoms with Gasteiger partial charge in [-0.3, -0.25) is 9.69 Å². The number of anilines is 1. The summed E-state index contributed by atoms with van der Waals surface area (Å²) in [6.07, 6.45) is 1.46. The molecular formula is C21H23ClF3N5O2. The molecule has 3 amide bonds. The SMILES string of the molecule is Cl.N[C@@H](CC(=O)N1CCN2C(=O)N(c3ccccn3)CC2C1)Cc1cc(F)c(F)cc1F. The van der Waals surface area contributed by atoms with Crippen LogP contribution in [0.3, 0.4) is 0 Å². The van der Waals surface area contributed by atoms with Crippen LogP contribution in [-0.2, 0) is 11.2 Å². The fraction of sp³-hybridized carbons (Fsp3) is 0.381. The molecule has 1 aromatic carbocycles. The second-order valence-corrected chi connectivity index (χ2v) is 7.79. The number of aromatic nitrogens is 1. The third kappa shape index (κ3) is 4.81. The maximum absolute atomic E-state index is 13.8. The second-order valence-electron chi connectivity index (χ2n) is 7.79. The number of piperazine rings is 1. The van der Waals surface area contributed by atoms with E-state index >= 15 is 0 Å². The summed E-state index contributed by atoms with van der Waals surface area (Å²) in [6, 6.07) is 5.53. The van der Waals surface area contributed by atoms with Gasteiger partial charge in [-0.05, 0) is 30.2 Å². The van der Waals surface area contributed by atoms with Gasteiger partial charge >= 0.3 is 6.03 Å². The third-order valence-electron chi connectivity index (χ3n) is 5.64. The van der Waals surface area contributed by atoms with Crippen LogP contribution in [0.5, 0.6) is 0 Å². The number of carbonyl (C=O) groups excluding carboxylic acids is 2. The van der Waals surface area contributed by atoms with Gasteiger partial charge < -0.3 is 15.5 Å². The van der Waals surface area contributed by atoms with Crippen molar-refractivity contribution in [1.82, 2.24) is 14.8 Å². The molecule has 2 fully saturated rings. The van der Waals surface area contributed by atoms with Crippen LogP contribution in [0.1, 0.15) is 12.0 Å². The first kappa shape index (κ1) is 23.8. The lowest BCUT2D eigenvalue weighted by Crippen LogP contribution is -2.54. The molecule has 0 saturated carbocycles.